The maximum atomic E-state index is 11.3. The lowest BCUT2D eigenvalue weighted by molar-refractivity contribution is -0.139. The summed E-state index contributed by atoms with van der Waals surface area (Å²) in [7, 11) is 1.37. The smallest absolute Gasteiger partial charge is 0.333 e. The van der Waals surface area contributed by atoms with Gasteiger partial charge in [0.2, 0.25) is 0 Å². The first-order valence-corrected chi connectivity index (χ1v) is 6.47. The molecule has 0 saturated carbocycles. The highest BCUT2D eigenvalue weighted by molar-refractivity contribution is 6.26. The molecule has 0 bridgehead atoms. The Labute approximate surface area is 88.4 Å². The van der Waals surface area contributed by atoms with E-state index in [0.29, 0.717) is 12.2 Å². The largest absolute Gasteiger partial charge is 0.462 e. The first kappa shape index (κ1) is 13.4. The topological polar surface area (TPSA) is 35.5 Å². The maximum Gasteiger partial charge on any atom is 0.333 e. The van der Waals surface area contributed by atoms with Crippen LogP contribution in [0.3, 0.4) is 0 Å². The molecule has 0 radical (unpaired) electrons. The number of allylic oxidation sites excluding steroid dienone is 1. The number of carbonyl (C=O) groups is 1. The Bertz CT molecular complexity index is 207. The van der Waals surface area contributed by atoms with Gasteiger partial charge in [-0.05, 0) is 33.2 Å². The lowest BCUT2D eigenvalue weighted by Crippen LogP contribution is -2.08. The molecule has 0 atom stereocenters. The Morgan fingerprint density at radius 2 is 1.93 bits per heavy atom. The van der Waals surface area contributed by atoms with Crippen LogP contribution >= 0.6 is 0 Å². The molecule has 0 fully saturated rings. The second-order valence-corrected chi connectivity index (χ2v) is 5.15. The minimum atomic E-state index is -0.362. The van der Waals surface area contributed by atoms with Gasteiger partial charge in [0.05, 0.1) is 6.61 Å². The molecule has 3 nitrogen and oxygen atoms in total. The van der Waals surface area contributed by atoms with Crippen molar-refractivity contribution in [1.29, 1.82) is 0 Å². The molecule has 0 rings (SSSR count). The SMILES string of the molecule is CO[SiH2]CCCOC(=O)C(C)=C(C)C. The van der Waals surface area contributed by atoms with Crippen LogP contribution in [0, 0.1) is 0 Å². The van der Waals surface area contributed by atoms with E-state index >= 15 is 0 Å². The molecule has 0 unspecified atom stereocenters. The van der Waals surface area contributed by atoms with Crippen LogP contribution in [0.15, 0.2) is 11.1 Å². The van der Waals surface area contributed by atoms with Crippen molar-refractivity contribution in [3.05, 3.63) is 11.1 Å². The molecule has 0 aromatic rings. The summed E-state index contributed by atoms with van der Waals surface area (Å²) in [5.74, 6) is -0.191. The third kappa shape index (κ3) is 5.94. The fraction of sp³-hybridized carbons (Fsp3) is 0.700. The molecular weight excluding hydrogens is 196 g/mol. The highest BCUT2D eigenvalue weighted by Gasteiger charge is 2.06. The van der Waals surface area contributed by atoms with E-state index in [-0.39, 0.29) is 15.7 Å². The molecule has 0 N–H and O–H groups in total. The van der Waals surface area contributed by atoms with Crippen LogP contribution in [0.25, 0.3) is 0 Å². The monoisotopic (exact) mass is 216 g/mol. The highest BCUT2D eigenvalue weighted by atomic mass is 28.2. The summed E-state index contributed by atoms with van der Waals surface area (Å²) < 4.78 is 10.1. The van der Waals surface area contributed by atoms with Crippen LogP contribution in [0.5, 0.6) is 0 Å². The fourth-order valence-electron chi connectivity index (χ4n) is 0.826. The average molecular weight is 216 g/mol. The Morgan fingerprint density at radius 1 is 1.29 bits per heavy atom. The van der Waals surface area contributed by atoms with Crippen molar-refractivity contribution < 1.29 is 14.0 Å². The molecule has 0 amide bonds. The van der Waals surface area contributed by atoms with Crippen molar-refractivity contribution in [1.82, 2.24) is 0 Å². The van der Waals surface area contributed by atoms with E-state index in [9.17, 15) is 4.79 Å². The molecule has 14 heavy (non-hydrogen) atoms. The van der Waals surface area contributed by atoms with Gasteiger partial charge in [-0.25, -0.2) is 4.79 Å². The van der Waals surface area contributed by atoms with E-state index in [2.05, 4.69) is 0 Å². The Kier molecular flexibility index (Phi) is 7.42. The van der Waals surface area contributed by atoms with Gasteiger partial charge < -0.3 is 9.16 Å². The van der Waals surface area contributed by atoms with Crippen molar-refractivity contribution in [3.63, 3.8) is 0 Å². The van der Waals surface area contributed by atoms with Crippen molar-refractivity contribution >= 4 is 15.7 Å². The van der Waals surface area contributed by atoms with Gasteiger partial charge in [-0.2, -0.15) is 0 Å². The normalized spacial score (nSPS) is 10.6. The van der Waals surface area contributed by atoms with E-state index in [1.807, 2.05) is 13.8 Å². The van der Waals surface area contributed by atoms with Gasteiger partial charge in [0.25, 0.3) is 0 Å². The molecule has 0 aliphatic rings. The molecule has 0 aliphatic heterocycles. The highest BCUT2D eigenvalue weighted by Crippen LogP contribution is 2.04. The second kappa shape index (κ2) is 7.76. The zero-order valence-corrected chi connectivity index (χ0v) is 11.0. The van der Waals surface area contributed by atoms with Crippen molar-refractivity contribution in [2.45, 2.75) is 33.2 Å². The van der Waals surface area contributed by atoms with Gasteiger partial charge in [-0.3, -0.25) is 0 Å². The van der Waals surface area contributed by atoms with Crippen LogP contribution in [0.4, 0.5) is 0 Å². The Hall–Kier alpha value is -0.613. The van der Waals surface area contributed by atoms with E-state index < -0.39 is 0 Å². The van der Waals surface area contributed by atoms with E-state index in [1.54, 1.807) is 14.0 Å². The minimum Gasteiger partial charge on any atom is -0.462 e. The number of hydrogen-bond acceptors (Lipinski definition) is 3. The molecule has 0 aromatic carbocycles. The molecule has 0 heterocycles. The van der Waals surface area contributed by atoms with E-state index in [1.165, 1.54) is 0 Å². The maximum absolute atomic E-state index is 11.3. The summed E-state index contributed by atoms with van der Waals surface area (Å²) >= 11 is 0. The van der Waals surface area contributed by atoms with Crippen LogP contribution in [-0.2, 0) is 14.0 Å². The summed E-state index contributed by atoms with van der Waals surface area (Å²) in [5.41, 5.74) is 1.73. The first-order valence-electron chi connectivity index (χ1n) is 4.89. The van der Waals surface area contributed by atoms with Crippen LogP contribution in [-0.4, -0.2) is 29.4 Å². The molecule has 0 aliphatic carbocycles. The number of carbonyl (C=O) groups excluding carboxylic acids is 1. The van der Waals surface area contributed by atoms with Crippen molar-refractivity contribution in [2.24, 2.45) is 0 Å². The molecule has 0 spiro atoms. The first-order chi connectivity index (χ1) is 6.59. The third-order valence-corrected chi connectivity index (χ3v) is 3.23. The number of esters is 1. The summed E-state index contributed by atoms with van der Waals surface area (Å²) in [6.45, 7) is 6.13. The standard InChI is InChI=1S/C10H20O3Si/c1-8(2)9(3)10(11)13-6-5-7-14-12-4/h5-7,14H2,1-4H3. The van der Waals surface area contributed by atoms with Gasteiger partial charge in [0, 0.05) is 12.7 Å². The zero-order valence-electron chi connectivity index (χ0n) is 9.55. The lowest BCUT2D eigenvalue weighted by atomic mass is 10.2. The van der Waals surface area contributed by atoms with E-state index in [0.717, 1.165) is 18.0 Å². The van der Waals surface area contributed by atoms with Crippen LogP contribution in [0.1, 0.15) is 27.2 Å². The average Bonchev–Trinajstić information content (AvgIpc) is 2.16. The quantitative estimate of drug-likeness (QED) is 0.291. The number of hydrogen-bond donors (Lipinski definition) is 0. The van der Waals surface area contributed by atoms with Gasteiger partial charge >= 0.3 is 5.97 Å². The van der Waals surface area contributed by atoms with Crippen LogP contribution < -0.4 is 0 Å². The Balaban J connectivity index is 3.60. The molecule has 0 saturated heterocycles. The summed E-state index contributed by atoms with van der Waals surface area (Å²) in [4.78, 5) is 11.3. The van der Waals surface area contributed by atoms with Crippen molar-refractivity contribution in [2.75, 3.05) is 13.7 Å². The predicted molar refractivity (Wildman–Crippen MR) is 60.0 cm³/mol. The minimum absolute atomic E-state index is 0.191. The predicted octanol–water partition coefficient (Wildman–Crippen LogP) is 1.42. The molecule has 4 heteroatoms. The van der Waals surface area contributed by atoms with Gasteiger partial charge in [-0.1, -0.05) is 5.57 Å². The van der Waals surface area contributed by atoms with E-state index in [4.69, 9.17) is 9.16 Å². The molecular formula is C10H20O3Si. The zero-order chi connectivity index (χ0) is 11.0. The fourth-order valence-corrected chi connectivity index (χ4v) is 1.52. The van der Waals surface area contributed by atoms with Gasteiger partial charge in [0.15, 0.2) is 9.76 Å². The Morgan fingerprint density at radius 3 is 2.43 bits per heavy atom. The van der Waals surface area contributed by atoms with Gasteiger partial charge in [-0.15, -0.1) is 0 Å². The number of rotatable bonds is 6. The van der Waals surface area contributed by atoms with Crippen molar-refractivity contribution in [3.8, 4) is 0 Å². The summed E-state index contributed by atoms with van der Waals surface area (Å²) in [6.07, 6.45) is 0.918. The lowest BCUT2D eigenvalue weighted by Gasteiger charge is -2.05. The summed E-state index contributed by atoms with van der Waals surface area (Å²) in [5, 5.41) is 0. The van der Waals surface area contributed by atoms with Gasteiger partial charge in [0.1, 0.15) is 0 Å². The molecule has 0 aromatic heterocycles. The number of ether oxygens (including phenoxy) is 1. The third-order valence-electron chi connectivity index (χ3n) is 2.03. The van der Waals surface area contributed by atoms with Crippen LogP contribution in [0.2, 0.25) is 6.04 Å². The molecule has 82 valence electrons. The summed E-state index contributed by atoms with van der Waals surface area (Å²) in [6, 6.07) is 1.07. The second-order valence-electron chi connectivity index (χ2n) is 3.46.